The summed E-state index contributed by atoms with van der Waals surface area (Å²) in [7, 11) is 0. The third-order valence-corrected chi connectivity index (χ3v) is 10.3. The largest absolute Gasteiger partial charge is 0.372 e. The number of thiazole rings is 2. The molecule has 0 N–H and O–H groups in total. The van der Waals surface area contributed by atoms with Crippen LogP contribution in [0.15, 0.2) is 39.3 Å². The highest BCUT2D eigenvalue weighted by Crippen LogP contribution is 2.39. The van der Waals surface area contributed by atoms with E-state index in [-0.39, 0.29) is 9.75 Å². The van der Waals surface area contributed by atoms with Gasteiger partial charge in [-0.1, -0.05) is 37.1 Å². The minimum Gasteiger partial charge on any atom is -0.372 e. The van der Waals surface area contributed by atoms with Gasteiger partial charge < -0.3 is 9.69 Å². The van der Waals surface area contributed by atoms with Crippen molar-refractivity contribution in [2.45, 2.75) is 0 Å². The number of hydrogen-bond acceptors (Lipinski definition) is 10. The second-order valence-electron chi connectivity index (χ2n) is 10.7. The summed E-state index contributed by atoms with van der Waals surface area (Å²) in [5.41, 5.74) is -7.78. The Morgan fingerprint density at radius 1 is 0.649 bits per heavy atom. The number of fused-ring (bicyclic) bond motifs is 6. The first kappa shape index (κ1) is 38.4. The summed E-state index contributed by atoms with van der Waals surface area (Å²) in [5, 5.41) is 38.5. The van der Waals surface area contributed by atoms with E-state index in [0.29, 0.717) is 28.9 Å². The molecule has 0 aliphatic heterocycles. The van der Waals surface area contributed by atoms with Crippen molar-refractivity contribution < 1.29 is 26.3 Å². The predicted molar refractivity (Wildman–Crippen MR) is 192 cm³/mol. The molecule has 21 heteroatoms. The number of aromatic nitrogens is 2. The molecular formula is C36H2F6N12S3. The molecule has 1 aromatic carbocycles. The van der Waals surface area contributed by atoms with Crippen molar-refractivity contribution in [3.63, 3.8) is 0 Å². The van der Waals surface area contributed by atoms with Gasteiger partial charge in [0.2, 0.25) is 15.7 Å². The second-order valence-corrected chi connectivity index (χ2v) is 13.1. The molecule has 2 aromatic heterocycles. The molecular weight excluding hydrogens is 811 g/mol. The molecule has 57 heavy (non-hydrogen) atoms. The normalized spacial score (nSPS) is 16.8. The van der Waals surface area contributed by atoms with E-state index < -0.39 is 132 Å². The van der Waals surface area contributed by atoms with Crippen molar-refractivity contribution in [3.05, 3.63) is 137 Å². The standard InChI is InChI=1S/C36H2F6N12S3/c1-48-10-16(49-2)53-34(55)11(5-43)17-26(37)19-20-22(29(40)18(28(20)39)12(6-44)35-54-33(51-4)15(9-47)57-35)24-23(21(19)27(17)38)30(41)25(31(24)42)32(50-3)36-52-13(7-45)14(8-46)56-36/h10H,(H,53,55)/b16-10+,17-11-,18-12+,32-25+. The average molecular weight is 813 g/mol. The Bertz CT molecular complexity index is 3280. The first-order chi connectivity index (χ1) is 27.3. The zero-order valence-corrected chi connectivity index (χ0v) is 29.5. The van der Waals surface area contributed by atoms with Crippen LogP contribution in [-0.4, -0.2) is 15.0 Å². The molecule has 2 heterocycles. The SMILES string of the molecule is [C-]#[N+]/C=C(/N=C(S)/C(C#N)=C1/C(F)=c2c(c3c(c4c2=C(F)/C(=C(/C#N)c2nc([N+]#[C-])c(C#N)s2)C=4F)=C(F)/C(=C(/[N+]#[C-])c2nc(C#N)c(C#N)s2)C=3F)=C1F)[N+]#[C-]. The van der Waals surface area contributed by atoms with Crippen molar-refractivity contribution in [3.8, 4) is 30.3 Å². The molecule has 0 spiro atoms. The Morgan fingerprint density at radius 2 is 1.16 bits per heavy atom. The van der Waals surface area contributed by atoms with Crippen LogP contribution in [0.5, 0.6) is 0 Å². The Balaban J connectivity index is 1.96. The number of hydrogen-bond donors (Lipinski definition) is 1. The van der Waals surface area contributed by atoms with Crippen LogP contribution in [-0.2, 0) is 0 Å². The minimum absolute atomic E-state index is 0.356. The van der Waals surface area contributed by atoms with Crippen molar-refractivity contribution in [1.82, 2.24) is 9.97 Å². The van der Waals surface area contributed by atoms with Gasteiger partial charge in [-0.05, 0) is 0 Å². The van der Waals surface area contributed by atoms with Gasteiger partial charge in [-0.15, -0.1) is 21.3 Å². The van der Waals surface area contributed by atoms with Crippen molar-refractivity contribution in [1.29, 1.82) is 26.3 Å². The third-order valence-electron chi connectivity index (χ3n) is 8.01. The molecule has 0 bridgehead atoms. The number of allylic oxidation sites excluding steroid dienone is 4. The Labute approximate surface area is 326 Å². The molecule has 0 amide bonds. The van der Waals surface area contributed by atoms with E-state index in [9.17, 15) is 26.3 Å². The molecule has 0 unspecified atom stereocenters. The van der Waals surface area contributed by atoms with Gasteiger partial charge in [0.05, 0.1) is 29.9 Å². The summed E-state index contributed by atoms with van der Waals surface area (Å²) < 4.78 is 101. The highest BCUT2D eigenvalue weighted by molar-refractivity contribution is 7.97. The van der Waals surface area contributed by atoms with Gasteiger partial charge in [0, 0.05) is 31.3 Å². The number of nitriles is 5. The third kappa shape index (κ3) is 5.48. The Morgan fingerprint density at radius 3 is 1.54 bits per heavy atom. The number of rotatable bonds is 4. The van der Waals surface area contributed by atoms with E-state index in [4.69, 9.17) is 26.3 Å². The number of nitrogens with zero attached hydrogens (tertiary/aromatic N) is 12. The molecule has 0 fully saturated rings. The highest BCUT2D eigenvalue weighted by atomic mass is 32.1. The fourth-order valence-electron chi connectivity index (χ4n) is 5.84. The van der Waals surface area contributed by atoms with Crippen molar-refractivity contribution >= 4 is 92.4 Å². The summed E-state index contributed by atoms with van der Waals surface area (Å²) in [6, 6.07) is 7.70. The van der Waals surface area contributed by atoms with Crippen LogP contribution in [0.2, 0.25) is 0 Å². The van der Waals surface area contributed by atoms with E-state index in [1.54, 1.807) is 18.2 Å². The van der Waals surface area contributed by atoms with Crippen molar-refractivity contribution in [2.24, 2.45) is 4.99 Å². The second kappa shape index (κ2) is 14.5. The van der Waals surface area contributed by atoms with Gasteiger partial charge in [0.1, 0.15) is 91.2 Å². The van der Waals surface area contributed by atoms with Crippen LogP contribution < -0.4 is 31.3 Å². The smallest absolute Gasteiger partial charge is 0.299 e. The molecule has 3 aliphatic carbocycles. The minimum atomic E-state index is -1.88. The molecule has 6 rings (SSSR count). The van der Waals surface area contributed by atoms with Crippen LogP contribution in [0.4, 0.5) is 32.2 Å². The number of halogens is 6. The topological polar surface area (TPSA) is 175 Å². The first-order valence-electron chi connectivity index (χ1n) is 14.5. The summed E-state index contributed by atoms with van der Waals surface area (Å²) in [5.74, 6) is -12.5. The van der Waals surface area contributed by atoms with E-state index in [1.807, 2.05) is 0 Å². The van der Waals surface area contributed by atoms with Gasteiger partial charge in [0.25, 0.3) is 11.6 Å². The molecule has 0 saturated heterocycles. The number of thiol groups is 1. The lowest BCUT2D eigenvalue weighted by Crippen LogP contribution is -2.64. The molecule has 3 aliphatic rings. The number of benzene rings is 1. The van der Waals surface area contributed by atoms with Crippen LogP contribution >= 0.6 is 35.3 Å². The van der Waals surface area contributed by atoms with Gasteiger partial charge in [-0.2, -0.15) is 26.3 Å². The first-order valence-corrected chi connectivity index (χ1v) is 16.6. The lowest BCUT2D eigenvalue weighted by Gasteiger charge is -2.01. The summed E-state index contributed by atoms with van der Waals surface area (Å²) in [4.78, 5) is 22.3. The highest BCUT2D eigenvalue weighted by Gasteiger charge is 2.39. The molecule has 266 valence electrons. The lowest BCUT2D eigenvalue weighted by molar-refractivity contribution is 0.724. The maximum atomic E-state index is 16.9. The molecule has 3 aromatic rings. The van der Waals surface area contributed by atoms with Gasteiger partial charge in [0.15, 0.2) is 11.9 Å². The van der Waals surface area contributed by atoms with Crippen molar-refractivity contribution in [2.75, 3.05) is 0 Å². The molecule has 0 saturated carbocycles. The van der Waals surface area contributed by atoms with Gasteiger partial charge >= 0.3 is 0 Å². The maximum Gasteiger partial charge on any atom is 0.299 e. The van der Waals surface area contributed by atoms with E-state index in [2.05, 4.69) is 47.0 Å². The molecule has 12 nitrogen and oxygen atoms in total. The van der Waals surface area contributed by atoms with E-state index in [1.165, 1.54) is 12.1 Å². The fourth-order valence-corrected chi connectivity index (χ4v) is 7.71. The molecule has 0 atom stereocenters. The quantitative estimate of drug-likeness (QED) is 0.102. The maximum absolute atomic E-state index is 16.9. The van der Waals surface area contributed by atoms with Crippen LogP contribution in [0.1, 0.15) is 25.5 Å². The zero-order valence-electron chi connectivity index (χ0n) is 27.0. The monoisotopic (exact) mass is 812 g/mol. The Kier molecular flexibility index (Phi) is 9.76. The summed E-state index contributed by atoms with van der Waals surface area (Å²) in [6.07, 6.45) is 0.576. The molecule has 0 radical (unpaired) electrons. The Hall–Kier alpha value is -8.33. The zero-order chi connectivity index (χ0) is 41.6. The fraction of sp³-hybridized carbons (Fsp3) is 0. The van der Waals surface area contributed by atoms with Gasteiger partial charge in [-0.3, -0.25) is 4.85 Å². The summed E-state index contributed by atoms with van der Waals surface area (Å²) in [6.45, 7) is 29.0. The average Bonchev–Trinajstić information content (AvgIpc) is 3.99. The summed E-state index contributed by atoms with van der Waals surface area (Å²) >= 11 is 4.66. The lowest BCUT2D eigenvalue weighted by atomic mass is 10.1. The number of aliphatic imine (C=N–C) groups is 1. The van der Waals surface area contributed by atoms with E-state index in [0.717, 1.165) is 0 Å². The van der Waals surface area contributed by atoms with Gasteiger partial charge in [-0.25, -0.2) is 36.2 Å². The van der Waals surface area contributed by atoms with Crippen LogP contribution in [0.3, 0.4) is 0 Å². The predicted octanol–water partition coefficient (Wildman–Crippen LogP) is 4.37. The van der Waals surface area contributed by atoms with Crippen LogP contribution in [0, 0.1) is 82.9 Å². The van der Waals surface area contributed by atoms with Crippen LogP contribution in [0.25, 0.3) is 65.6 Å². The van der Waals surface area contributed by atoms with E-state index >= 15 is 26.3 Å².